The van der Waals surface area contributed by atoms with Gasteiger partial charge in [-0.05, 0) is 43.5 Å². The number of nitrogens with two attached hydrogens (primary N) is 2. The zero-order valence-electron chi connectivity index (χ0n) is 12.3. The van der Waals surface area contributed by atoms with E-state index in [1.165, 1.54) is 0 Å². The van der Waals surface area contributed by atoms with E-state index >= 15 is 0 Å². The zero-order chi connectivity index (χ0) is 15.4. The molecular weight excluding hydrogens is 268 g/mol. The van der Waals surface area contributed by atoms with E-state index in [1.54, 1.807) is 18.2 Å². The highest BCUT2D eigenvalue weighted by atomic mass is 16.2. The number of nitrogens with one attached hydrogen (secondary N) is 1. The van der Waals surface area contributed by atoms with Crippen LogP contribution in [0.3, 0.4) is 0 Å². The van der Waals surface area contributed by atoms with Crippen LogP contribution in [0, 0.1) is 6.92 Å². The number of carbonyl (C=O) groups excluding carboxylic acids is 2. The number of amides is 2. The van der Waals surface area contributed by atoms with E-state index in [1.807, 2.05) is 6.92 Å². The van der Waals surface area contributed by atoms with Crippen molar-refractivity contribution in [3.63, 3.8) is 0 Å². The summed E-state index contributed by atoms with van der Waals surface area (Å²) in [5.74, 6) is -0.527. The summed E-state index contributed by atoms with van der Waals surface area (Å²) in [6.45, 7) is 3.91. The van der Waals surface area contributed by atoms with Crippen LogP contribution < -0.4 is 16.8 Å². The summed E-state index contributed by atoms with van der Waals surface area (Å²) in [6, 6.07) is 5.26. The average Bonchev–Trinajstić information content (AvgIpc) is 2.43. The molecule has 0 spiro atoms. The van der Waals surface area contributed by atoms with E-state index in [-0.39, 0.29) is 11.9 Å². The first kappa shape index (κ1) is 15.5. The fourth-order valence-corrected chi connectivity index (χ4v) is 2.46. The SMILES string of the molecule is Cc1cc(C(N)=O)ccc1NC(=O)CN1CCC(N)CC1. The van der Waals surface area contributed by atoms with Crippen molar-refractivity contribution in [2.75, 3.05) is 25.0 Å². The molecule has 1 aromatic rings. The average molecular weight is 290 g/mol. The van der Waals surface area contributed by atoms with Crippen molar-refractivity contribution >= 4 is 17.5 Å². The Kier molecular flexibility index (Phi) is 4.93. The lowest BCUT2D eigenvalue weighted by Gasteiger charge is -2.29. The Morgan fingerprint density at radius 3 is 2.57 bits per heavy atom. The first-order chi connectivity index (χ1) is 9.95. The molecule has 0 unspecified atom stereocenters. The van der Waals surface area contributed by atoms with Crippen molar-refractivity contribution in [1.29, 1.82) is 0 Å². The van der Waals surface area contributed by atoms with Gasteiger partial charge in [-0.2, -0.15) is 0 Å². The Bertz CT molecular complexity index is 536. The number of carbonyl (C=O) groups is 2. The van der Waals surface area contributed by atoms with Gasteiger partial charge < -0.3 is 16.8 Å². The number of benzene rings is 1. The molecule has 0 aliphatic carbocycles. The van der Waals surface area contributed by atoms with Crippen molar-refractivity contribution in [3.8, 4) is 0 Å². The summed E-state index contributed by atoms with van der Waals surface area (Å²) in [4.78, 5) is 25.3. The molecule has 2 amide bonds. The third-order valence-corrected chi connectivity index (χ3v) is 3.78. The molecule has 1 fully saturated rings. The molecule has 1 aliphatic heterocycles. The molecule has 21 heavy (non-hydrogen) atoms. The summed E-state index contributed by atoms with van der Waals surface area (Å²) < 4.78 is 0. The van der Waals surface area contributed by atoms with Gasteiger partial charge in [-0.25, -0.2) is 0 Å². The van der Waals surface area contributed by atoms with Crippen molar-refractivity contribution in [2.24, 2.45) is 11.5 Å². The van der Waals surface area contributed by atoms with E-state index in [9.17, 15) is 9.59 Å². The Hall–Kier alpha value is -1.92. The summed E-state index contributed by atoms with van der Waals surface area (Å²) >= 11 is 0. The van der Waals surface area contributed by atoms with Crippen molar-refractivity contribution < 1.29 is 9.59 Å². The van der Waals surface area contributed by atoms with Gasteiger partial charge in [0.25, 0.3) is 0 Å². The number of primary amides is 1. The molecule has 5 N–H and O–H groups in total. The van der Waals surface area contributed by atoms with Crippen LogP contribution in [-0.4, -0.2) is 42.4 Å². The van der Waals surface area contributed by atoms with Crippen molar-refractivity contribution in [2.45, 2.75) is 25.8 Å². The highest BCUT2D eigenvalue weighted by Gasteiger charge is 2.18. The van der Waals surface area contributed by atoms with Crippen LogP contribution in [0.1, 0.15) is 28.8 Å². The van der Waals surface area contributed by atoms with Crippen molar-refractivity contribution in [3.05, 3.63) is 29.3 Å². The third-order valence-electron chi connectivity index (χ3n) is 3.78. The minimum absolute atomic E-state index is 0.0552. The number of hydrogen-bond donors (Lipinski definition) is 3. The topological polar surface area (TPSA) is 101 Å². The van der Waals surface area contributed by atoms with Gasteiger partial charge in [0.2, 0.25) is 11.8 Å². The highest BCUT2D eigenvalue weighted by Crippen LogP contribution is 2.16. The Balaban J connectivity index is 1.92. The first-order valence-corrected chi connectivity index (χ1v) is 7.14. The number of nitrogens with zero attached hydrogens (tertiary/aromatic N) is 1. The van der Waals surface area contributed by atoms with Crippen LogP contribution in [0.5, 0.6) is 0 Å². The molecule has 0 bridgehead atoms. The lowest BCUT2D eigenvalue weighted by atomic mass is 10.1. The van der Waals surface area contributed by atoms with E-state index in [0.29, 0.717) is 17.8 Å². The number of likely N-dealkylation sites (tertiary alicyclic amines) is 1. The van der Waals surface area contributed by atoms with E-state index in [2.05, 4.69) is 10.2 Å². The first-order valence-electron chi connectivity index (χ1n) is 7.14. The lowest BCUT2D eigenvalue weighted by molar-refractivity contribution is -0.117. The van der Waals surface area contributed by atoms with Crippen LogP contribution in [-0.2, 0) is 4.79 Å². The van der Waals surface area contributed by atoms with Gasteiger partial charge in [-0.15, -0.1) is 0 Å². The zero-order valence-corrected chi connectivity index (χ0v) is 12.3. The van der Waals surface area contributed by atoms with Crippen LogP contribution in [0.2, 0.25) is 0 Å². The molecule has 6 nitrogen and oxygen atoms in total. The van der Waals surface area contributed by atoms with Gasteiger partial charge in [-0.1, -0.05) is 0 Å². The molecule has 0 radical (unpaired) electrons. The molecule has 2 rings (SSSR count). The second-order valence-electron chi connectivity index (χ2n) is 5.56. The summed E-state index contributed by atoms with van der Waals surface area (Å²) in [5.41, 5.74) is 13.0. The fourth-order valence-electron chi connectivity index (χ4n) is 2.46. The molecule has 6 heteroatoms. The van der Waals surface area contributed by atoms with Gasteiger partial charge in [0.05, 0.1) is 6.54 Å². The van der Waals surface area contributed by atoms with E-state index in [0.717, 1.165) is 31.5 Å². The smallest absolute Gasteiger partial charge is 0.248 e. The Labute approximate surface area is 124 Å². The van der Waals surface area contributed by atoms with E-state index in [4.69, 9.17) is 11.5 Å². The third kappa shape index (κ3) is 4.27. The minimum atomic E-state index is -0.472. The fraction of sp³-hybridized carbons (Fsp3) is 0.467. The number of anilines is 1. The number of hydrogen-bond acceptors (Lipinski definition) is 4. The quantitative estimate of drug-likeness (QED) is 0.749. The predicted octanol–water partition coefficient (Wildman–Crippen LogP) is 0.456. The highest BCUT2D eigenvalue weighted by molar-refractivity contribution is 5.96. The molecule has 0 saturated carbocycles. The summed E-state index contributed by atoms with van der Waals surface area (Å²) in [6.07, 6.45) is 1.86. The molecule has 1 aromatic carbocycles. The van der Waals surface area contributed by atoms with Gasteiger partial charge in [0, 0.05) is 30.4 Å². The van der Waals surface area contributed by atoms with Gasteiger partial charge in [-0.3, -0.25) is 14.5 Å². The maximum atomic E-state index is 12.1. The number of aryl methyl sites for hydroxylation is 1. The normalized spacial score (nSPS) is 16.7. The lowest BCUT2D eigenvalue weighted by Crippen LogP contribution is -2.43. The molecular formula is C15H22N4O2. The molecule has 1 aliphatic rings. The molecule has 1 saturated heterocycles. The van der Waals surface area contributed by atoms with Gasteiger partial charge in [0.15, 0.2) is 0 Å². The second-order valence-corrected chi connectivity index (χ2v) is 5.56. The second kappa shape index (κ2) is 6.69. The summed E-state index contributed by atoms with van der Waals surface area (Å²) in [7, 11) is 0. The van der Waals surface area contributed by atoms with Crippen molar-refractivity contribution in [1.82, 2.24) is 4.90 Å². The van der Waals surface area contributed by atoms with Gasteiger partial charge >= 0.3 is 0 Å². The molecule has 114 valence electrons. The van der Waals surface area contributed by atoms with Crippen LogP contribution in [0.25, 0.3) is 0 Å². The van der Waals surface area contributed by atoms with Crippen LogP contribution >= 0.6 is 0 Å². The Morgan fingerprint density at radius 1 is 1.33 bits per heavy atom. The molecule has 0 atom stereocenters. The Morgan fingerprint density at radius 2 is 2.00 bits per heavy atom. The maximum absolute atomic E-state index is 12.1. The minimum Gasteiger partial charge on any atom is -0.366 e. The molecule has 1 heterocycles. The predicted molar refractivity (Wildman–Crippen MR) is 82.0 cm³/mol. The summed E-state index contributed by atoms with van der Waals surface area (Å²) in [5, 5.41) is 2.87. The largest absolute Gasteiger partial charge is 0.366 e. The van der Waals surface area contributed by atoms with Crippen LogP contribution in [0.15, 0.2) is 18.2 Å². The van der Waals surface area contributed by atoms with E-state index < -0.39 is 5.91 Å². The van der Waals surface area contributed by atoms with Crippen LogP contribution in [0.4, 0.5) is 5.69 Å². The number of piperidine rings is 1. The standard InChI is InChI=1S/C15H22N4O2/c1-10-8-11(15(17)21)2-3-13(10)18-14(20)9-19-6-4-12(16)5-7-19/h2-3,8,12H,4-7,9,16H2,1H3,(H2,17,21)(H,18,20). The number of rotatable bonds is 4. The monoisotopic (exact) mass is 290 g/mol. The van der Waals surface area contributed by atoms with Gasteiger partial charge in [0.1, 0.15) is 0 Å². The maximum Gasteiger partial charge on any atom is 0.248 e. The molecule has 0 aromatic heterocycles.